The Kier molecular flexibility index (Phi) is 11.7. The Morgan fingerprint density at radius 2 is 1.67 bits per heavy atom. The molecule has 0 atom stereocenters. The zero-order valence-electron chi connectivity index (χ0n) is 9.93. The molecule has 0 radical (unpaired) electrons. The second-order valence-corrected chi connectivity index (χ2v) is 4.39. The van der Waals surface area contributed by atoms with Gasteiger partial charge in [-0.1, -0.05) is 45.4 Å². The van der Waals surface area contributed by atoms with Crippen LogP contribution in [-0.2, 0) is 4.79 Å². The molecule has 0 unspecified atom stereocenters. The van der Waals surface area contributed by atoms with E-state index in [9.17, 15) is 4.79 Å². The van der Waals surface area contributed by atoms with Crippen molar-refractivity contribution < 1.29 is 4.79 Å². The van der Waals surface area contributed by atoms with Gasteiger partial charge in [-0.25, -0.2) is 0 Å². The van der Waals surface area contributed by atoms with Gasteiger partial charge in [0.05, 0.1) is 0 Å². The van der Waals surface area contributed by atoms with Crippen LogP contribution in [0.3, 0.4) is 0 Å². The third kappa shape index (κ3) is 11.7. The van der Waals surface area contributed by atoms with Gasteiger partial charge in [0.1, 0.15) is 0 Å². The molecule has 0 rings (SSSR count). The first-order chi connectivity index (χ1) is 7.31. The van der Waals surface area contributed by atoms with Gasteiger partial charge in [0.15, 0.2) is 0 Å². The van der Waals surface area contributed by atoms with Crippen molar-refractivity contribution in [2.45, 2.75) is 58.3 Å². The van der Waals surface area contributed by atoms with E-state index in [-0.39, 0.29) is 5.91 Å². The van der Waals surface area contributed by atoms with Crippen LogP contribution in [0.1, 0.15) is 58.3 Å². The van der Waals surface area contributed by atoms with Gasteiger partial charge in [0.25, 0.3) is 0 Å². The summed E-state index contributed by atoms with van der Waals surface area (Å²) in [6.07, 6.45) is 9.51. The minimum atomic E-state index is 0.178. The summed E-state index contributed by atoms with van der Waals surface area (Å²) in [6, 6.07) is 0. The van der Waals surface area contributed by atoms with Crippen LogP contribution >= 0.6 is 12.6 Å². The zero-order valence-corrected chi connectivity index (χ0v) is 10.8. The van der Waals surface area contributed by atoms with Gasteiger partial charge in [0, 0.05) is 18.7 Å². The molecule has 0 saturated carbocycles. The lowest BCUT2D eigenvalue weighted by molar-refractivity contribution is -0.121. The molecule has 0 fully saturated rings. The molecule has 0 aromatic carbocycles. The van der Waals surface area contributed by atoms with Gasteiger partial charge in [-0.2, -0.15) is 12.6 Å². The maximum atomic E-state index is 11.2. The van der Waals surface area contributed by atoms with E-state index in [0.717, 1.165) is 12.2 Å². The quantitative estimate of drug-likeness (QED) is 0.439. The molecule has 3 heteroatoms. The van der Waals surface area contributed by atoms with Crippen LogP contribution in [0, 0.1) is 0 Å². The number of nitrogens with one attached hydrogen (secondary N) is 1. The molecular weight excluding hydrogens is 206 g/mol. The Hall–Kier alpha value is -0.180. The molecule has 0 aliphatic rings. The van der Waals surface area contributed by atoms with E-state index in [2.05, 4.69) is 24.9 Å². The monoisotopic (exact) mass is 231 g/mol. The highest BCUT2D eigenvalue weighted by atomic mass is 32.1. The Morgan fingerprint density at radius 1 is 1.07 bits per heavy atom. The van der Waals surface area contributed by atoms with Crippen LogP contribution in [0.15, 0.2) is 0 Å². The highest BCUT2D eigenvalue weighted by Crippen LogP contribution is 2.08. The summed E-state index contributed by atoms with van der Waals surface area (Å²) in [7, 11) is 0. The number of hydrogen-bond acceptors (Lipinski definition) is 2. The SMILES string of the molecule is CCCCCCCCCC(=O)NCCS. The summed E-state index contributed by atoms with van der Waals surface area (Å²) < 4.78 is 0. The number of carbonyl (C=O) groups is 1. The largest absolute Gasteiger partial charge is 0.355 e. The number of rotatable bonds is 10. The molecule has 0 aromatic rings. The third-order valence-corrected chi connectivity index (χ3v) is 2.66. The number of thiol groups is 1. The minimum Gasteiger partial charge on any atom is -0.355 e. The summed E-state index contributed by atoms with van der Waals surface area (Å²) >= 11 is 4.04. The number of unbranched alkanes of at least 4 members (excludes halogenated alkanes) is 6. The van der Waals surface area contributed by atoms with Crippen molar-refractivity contribution in [1.29, 1.82) is 0 Å². The van der Waals surface area contributed by atoms with E-state index in [1.807, 2.05) is 0 Å². The molecule has 0 heterocycles. The molecule has 2 nitrogen and oxygen atoms in total. The van der Waals surface area contributed by atoms with Crippen molar-refractivity contribution in [3.63, 3.8) is 0 Å². The number of amides is 1. The highest BCUT2D eigenvalue weighted by Gasteiger charge is 1.99. The fourth-order valence-electron chi connectivity index (χ4n) is 1.53. The molecule has 0 aliphatic heterocycles. The lowest BCUT2D eigenvalue weighted by Crippen LogP contribution is -2.24. The van der Waals surface area contributed by atoms with Crippen LogP contribution in [0.4, 0.5) is 0 Å². The molecule has 1 amide bonds. The summed E-state index contributed by atoms with van der Waals surface area (Å²) in [5.41, 5.74) is 0. The van der Waals surface area contributed by atoms with Crippen molar-refractivity contribution >= 4 is 18.5 Å². The highest BCUT2D eigenvalue weighted by molar-refractivity contribution is 7.80. The maximum Gasteiger partial charge on any atom is 0.220 e. The van der Waals surface area contributed by atoms with Crippen molar-refractivity contribution in [1.82, 2.24) is 5.32 Å². The van der Waals surface area contributed by atoms with Crippen LogP contribution < -0.4 is 5.32 Å². The van der Waals surface area contributed by atoms with Crippen molar-refractivity contribution in [3.05, 3.63) is 0 Å². The van der Waals surface area contributed by atoms with Crippen molar-refractivity contribution in [3.8, 4) is 0 Å². The van der Waals surface area contributed by atoms with Gasteiger partial charge in [-0.05, 0) is 6.42 Å². The summed E-state index contributed by atoms with van der Waals surface area (Å²) in [4.78, 5) is 11.2. The van der Waals surface area contributed by atoms with Crippen LogP contribution in [0.5, 0.6) is 0 Å². The van der Waals surface area contributed by atoms with Crippen LogP contribution in [0.25, 0.3) is 0 Å². The fourth-order valence-corrected chi connectivity index (χ4v) is 1.64. The molecule has 15 heavy (non-hydrogen) atoms. The zero-order chi connectivity index (χ0) is 11.4. The lowest BCUT2D eigenvalue weighted by atomic mass is 10.1. The van der Waals surface area contributed by atoms with Crippen LogP contribution in [0.2, 0.25) is 0 Å². The Morgan fingerprint density at radius 3 is 2.27 bits per heavy atom. The average Bonchev–Trinajstić information content (AvgIpc) is 2.25. The van der Waals surface area contributed by atoms with Gasteiger partial charge in [-0.3, -0.25) is 4.79 Å². The van der Waals surface area contributed by atoms with Gasteiger partial charge < -0.3 is 5.32 Å². The van der Waals surface area contributed by atoms with E-state index in [0.29, 0.717) is 13.0 Å². The van der Waals surface area contributed by atoms with E-state index in [1.54, 1.807) is 0 Å². The number of hydrogen-bond donors (Lipinski definition) is 2. The second kappa shape index (κ2) is 11.9. The molecule has 0 aromatic heterocycles. The van der Waals surface area contributed by atoms with Crippen LogP contribution in [-0.4, -0.2) is 18.2 Å². The summed E-state index contributed by atoms with van der Waals surface area (Å²) in [5, 5.41) is 2.83. The van der Waals surface area contributed by atoms with Crippen molar-refractivity contribution in [2.24, 2.45) is 0 Å². The number of carbonyl (C=O) groups excluding carboxylic acids is 1. The average molecular weight is 231 g/mol. The van der Waals surface area contributed by atoms with Gasteiger partial charge in [0.2, 0.25) is 5.91 Å². The first-order valence-corrected chi connectivity index (χ1v) is 6.82. The van der Waals surface area contributed by atoms with E-state index in [4.69, 9.17) is 0 Å². The Bertz CT molecular complexity index is 151. The standard InChI is InChI=1S/C12H25NOS/c1-2-3-4-5-6-7-8-9-12(14)13-10-11-15/h15H,2-11H2,1H3,(H,13,14). The molecule has 1 N–H and O–H groups in total. The smallest absolute Gasteiger partial charge is 0.220 e. The van der Waals surface area contributed by atoms with Crippen molar-refractivity contribution in [2.75, 3.05) is 12.3 Å². The Balaban J connectivity index is 3.06. The minimum absolute atomic E-state index is 0.178. The maximum absolute atomic E-state index is 11.2. The summed E-state index contributed by atoms with van der Waals surface area (Å²) in [6.45, 7) is 2.92. The van der Waals surface area contributed by atoms with Gasteiger partial charge >= 0.3 is 0 Å². The lowest BCUT2D eigenvalue weighted by Gasteiger charge is -2.03. The molecule has 0 spiro atoms. The third-order valence-electron chi connectivity index (χ3n) is 2.44. The first kappa shape index (κ1) is 14.8. The second-order valence-electron chi connectivity index (χ2n) is 3.94. The fraction of sp³-hybridized carbons (Fsp3) is 0.917. The first-order valence-electron chi connectivity index (χ1n) is 6.18. The normalized spacial score (nSPS) is 10.3. The topological polar surface area (TPSA) is 29.1 Å². The predicted octanol–water partition coefficient (Wildman–Crippen LogP) is 3.17. The van der Waals surface area contributed by atoms with E-state index in [1.165, 1.54) is 38.5 Å². The predicted molar refractivity (Wildman–Crippen MR) is 69.5 cm³/mol. The van der Waals surface area contributed by atoms with E-state index >= 15 is 0 Å². The Labute approximate surface area is 99.6 Å². The molecule has 0 aliphatic carbocycles. The molecule has 0 saturated heterocycles. The van der Waals surface area contributed by atoms with Gasteiger partial charge in [-0.15, -0.1) is 0 Å². The van der Waals surface area contributed by atoms with E-state index < -0.39 is 0 Å². The molecule has 0 bridgehead atoms. The molecular formula is C12H25NOS. The summed E-state index contributed by atoms with van der Waals surface area (Å²) in [5.74, 6) is 0.903. The molecule has 90 valence electrons.